The predicted octanol–water partition coefficient (Wildman–Crippen LogP) is 4.69. The number of nitrogens with zero attached hydrogens (tertiary/aromatic N) is 1. The van der Waals surface area contributed by atoms with Crippen molar-refractivity contribution < 1.29 is 37.3 Å². The number of aromatic nitrogens is 1. The Kier molecular flexibility index (Phi) is 6.74. The molecule has 1 amide bonds. The Hall–Kier alpha value is -3.54. The molecule has 2 aromatic carbocycles. The minimum absolute atomic E-state index is 0.130. The molecule has 3 aromatic rings. The lowest BCUT2D eigenvalue weighted by Gasteiger charge is -2.29. The van der Waals surface area contributed by atoms with Gasteiger partial charge in [0.25, 0.3) is 11.5 Å². The maximum absolute atomic E-state index is 13.4. The molecule has 2 N–H and O–H groups in total. The molecular weight excluding hydrogens is 561 g/mol. The van der Waals surface area contributed by atoms with Crippen LogP contribution < -0.4 is 15.6 Å². The fourth-order valence-electron chi connectivity index (χ4n) is 4.01. The number of halogens is 4. The van der Waals surface area contributed by atoms with Crippen LogP contribution >= 0.6 is 15.9 Å². The molecule has 1 aromatic heterocycles. The third-order valence-electron chi connectivity index (χ3n) is 5.56. The molecule has 0 fully saturated rings. The summed E-state index contributed by atoms with van der Waals surface area (Å²) in [5, 5.41) is 13.3. The summed E-state index contributed by atoms with van der Waals surface area (Å²) in [7, 11) is 0. The fraction of sp³-hybridized carbons (Fsp3) is 0.320. The molecule has 0 bridgehead atoms. The van der Waals surface area contributed by atoms with Gasteiger partial charge in [0, 0.05) is 4.47 Å². The number of carbonyl (C=O) groups is 2. The van der Waals surface area contributed by atoms with Gasteiger partial charge in [-0.05, 0) is 66.5 Å². The average molecular weight is 583 g/mol. The van der Waals surface area contributed by atoms with Crippen molar-refractivity contribution in [2.75, 3.05) is 6.54 Å². The highest BCUT2D eigenvalue weighted by atomic mass is 79.9. The van der Waals surface area contributed by atoms with Crippen LogP contribution in [-0.4, -0.2) is 33.7 Å². The number of nitrogens with one attached hydrogen (secondary N) is 1. The molecule has 0 spiro atoms. The first-order valence-corrected chi connectivity index (χ1v) is 11.9. The molecule has 0 saturated carbocycles. The predicted molar refractivity (Wildman–Crippen MR) is 131 cm³/mol. The van der Waals surface area contributed by atoms with Gasteiger partial charge < -0.3 is 19.9 Å². The van der Waals surface area contributed by atoms with Crippen molar-refractivity contribution in [3.63, 3.8) is 0 Å². The molecule has 1 unspecified atom stereocenters. The first kappa shape index (κ1) is 26.5. The number of amides is 1. The Morgan fingerprint density at radius 1 is 1.16 bits per heavy atom. The second kappa shape index (κ2) is 9.40. The summed E-state index contributed by atoms with van der Waals surface area (Å²) in [4.78, 5) is 38.4. The van der Waals surface area contributed by atoms with Crippen LogP contribution in [0.1, 0.15) is 48.4 Å². The number of esters is 1. The molecular formula is C25H22BrF3N2O6. The molecule has 1 aliphatic rings. The fourth-order valence-corrected chi connectivity index (χ4v) is 4.52. The zero-order valence-electron chi connectivity index (χ0n) is 19.9. The maximum atomic E-state index is 13.4. The van der Waals surface area contributed by atoms with Gasteiger partial charge in [0.2, 0.25) is 0 Å². The first-order chi connectivity index (χ1) is 17.2. The summed E-state index contributed by atoms with van der Waals surface area (Å²) in [6.07, 6.45) is -5.36. The van der Waals surface area contributed by atoms with E-state index >= 15 is 0 Å². The third-order valence-corrected chi connectivity index (χ3v) is 6.22. The summed E-state index contributed by atoms with van der Waals surface area (Å²) in [6.45, 7) is 4.29. The van der Waals surface area contributed by atoms with Crippen LogP contribution in [0.5, 0.6) is 11.5 Å². The summed E-state index contributed by atoms with van der Waals surface area (Å²) in [5.74, 6) is -2.14. The lowest BCUT2D eigenvalue weighted by molar-refractivity contribution is -0.153. The summed E-state index contributed by atoms with van der Waals surface area (Å²) >= 11 is 3.32. The van der Waals surface area contributed by atoms with E-state index in [2.05, 4.69) is 21.2 Å². The van der Waals surface area contributed by atoms with Crippen molar-refractivity contribution in [2.24, 2.45) is 0 Å². The highest BCUT2D eigenvalue weighted by Gasteiger charge is 2.33. The number of hydrogen-bond acceptors (Lipinski definition) is 6. The Balaban J connectivity index is 1.73. The quantitative estimate of drug-likeness (QED) is 0.432. The number of aromatic hydroxyl groups is 1. The van der Waals surface area contributed by atoms with Crippen molar-refractivity contribution in [1.29, 1.82) is 0 Å². The monoisotopic (exact) mass is 582 g/mol. The van der Waals surface area contributed by atoms with Gasteiger partial charge >= 0.3 is 12.1 Å². The molecule has 1 atom stereocenters. The van der Waals surface area contributed by atoms with E-state index in [1.54, 1.807) is 32.9 Å². The van der Waals surface area contributed by atoms with E-state index in [-0.39, 0.29) is 23.2 Å². The highest BCUT2D eigenvalue weighted by molar-refractivity contribution is 9.10. The van der Waals surface area contributed by atoms with Crippen LogP contribution in [0, 0.1) is 0 Å². The van der Waals surface area contributed by atoms with Crippen molar-refractivity contribution in [3.05, 3.63) is 67.9 Å². The Morgan fingerprint density at radius 2 is 1.81 bits per heavy atom. The number of benzene rings is 2. The SMILES string of the molecule is CC(C)(C)OC(=O)CNC(=O)c1c(O)c2c(Br)ccc3c2n(c1=O)CC(c1ccc(C(F)(F)F)cc1)O3. The lowest BCUT2D eigenvalue weighted by atomic mass is 10.0. The molecule has 8 nitrogen and oxygen atoms in total. The zero-order valence-corrected chi connectivity index (χ0v) is 21.5. The van der Waals surface area contributed by atoms with Crippen molar-refractivity contribution in [2.45, 2.75) is 45.2 Å². The second-order valence-electron chi connectivity index (χ2n) is 9.40. The molecule has 0 saturated heterocycles. The summed E-state index contributed by atoms with van der Waals surface area (Å²) in [5.41, 5.74) is -2.47. The Labute approximate surface area is 217 Å². The molecule has 2 heterocycles. The van der Waals surface area contributed by atoms with Crippen LogP contribution in [0.25, 0.3) is 10.9 Å². The van der Waals surface area contributed by atoms with Gasteiger partial charge in [0.05, 0.1) is 23.0 Å². The van der Waals surface area contributed by atoms with Crippen LogP contribution in [0.2, 0.25) is 0 Å². The van der Waals surface area contributed by atoms with Gasteiger partial charge in [-0.3, -0.25) is 19.0 Å². The number of rotatable bonds is 4. The number of ether oxygens (including phenoxy) is 2. The van der Waals surface area contributed by atoms with Crippen molar-refractivity contribution in [1.82, 2.24) is 9.88 Å². The Morgan fingerprint density at radius 3 is 2.41 bits per heavy atom. The Bertz CT molecular complexity index is 1460. The minimum Gasteiger partial charge on any atom is -0.506 e. The number of hydrogen-bond donors (Lipinski definition) is 2. The van der Waals surface area contributed by atoms with Gasteiger partial charge in [-0.2, -0.15) is 13.2 Å². The lowest BCUT2D eigenvalue weighted by Crippen LogP contribution is -2.39. The van der Waals surface area contributed by atoms with E-state index in [1.165, 1.54) is 16.7 Å². The van der Waals surface area contributed by atoms with E-state index < -0.39 is 58.7 Å². The zero-order chi connectivity index (χ0) is 27.3. The number of carbonyl (C=O) groups excluding carboxylic acids is 2. The van der Waals surface area contributed by atoms with Gasteiger partial charge in [-0.15, -0.1) is 0 Å². The van der Waals surface area contributed by atoms with Crippen LogP contribution in [0.4, 0.5) is 13.2 Å². The molecule has 0 radical (unpaired) electrons. The molecule has 196 valence electrons. The molecule has 12 heteroatoms. The molecule has 4 rings (SSSR count). The van der Waals surface area contributed by atoms with Crippen LogP contribution in [0.3, 0.4) is 0 Å². The maximum Gasteiger partial charge on any atom is 0.416 e. The van der Waals surface area contributed by atoms with Crippen molar-refractivity contribution >= 4 is 38.7 Å². The minimum atomic E-state index is -4.51. The molecule has 0 aliphatic carbocycles. The number of alkyl halides is 3. The topological polar surface area (TPSA) is 107 Å². The number of pyridine rings is 1. The van der Waals surface area contributed by atoms with E-state index in [0.717, 1.165) is 12.1 Å². The normalized spacial score (nSPS) is 15.3. The van der Waals surface area contributed by atoms with E-state index in [0.29, 0.717) is 10.0 Å². The van der Waals surface area contributed by atoms with Gasteiger partial charge in [0.1, 0.15) is 35.3 Å². The summed E-state index contributed by atoms with van der Waals surface area (Å²) < 4.78 is 51.7. The standard InChI is InChI=1S/C25H22BrF3N2O6/c1-24(2,3)37-17(32)10-30-22(34)19-21(33)18-14(26)8-9-15-20(18)31(23(19)35)11-16(36-15)12-4-6-13(7-5-12)25(27,28)29/h4-9,16,33H,10-11H2,1-3H3,(H,30,34). The van der Waals surface area contributed by atoms with Crippen LogP contribution in [-0.2, 0) is 22.3 Å². The van der Waals surface area contributed by atoms with Gasteiger partial charge in [-0.25, -0.2) is 0 Å². The van der Waals surface area contributed by atoms with E-state index in [1.807, 2.05) is 0 Å². The first-order valence-electron chi connectivity index (χ1n) is 11.1. The third kappa shape index (κ3) is 5.29. The van der Waals surface area contributed by atoms with Gasteiger partial charge in [0.15, 0.2) is 0 Å². The van der Waals surface area contributed by atoms with E-state index in [9.17, 15) is 32.7 Å². The summed E-state index contributed by atoms with van der Waals surface area (Å²) in [6, 6.07) is 7.44. The average Bonchev–Trinajstić information content (AvgIpc) is 2.80. The second-order valence-corrected chi connectivity index (χ2v) is 10.3. The molecule has 37 heavy (non-hydrogen) atoms. The van der Waals surface area contributed by atoms with Gasteiger partial charge in [-0.1, -0.05) is 12.1 Å². The van der Waals surface area contributed by atoms with E-state index in [4.69, 9.17) is 9.47 Å². The molecule has 1 aliphatic heterocycles. The smallest absolute Gasteiger partial charge is 0.416 e. The van der Waals surface area contributed by atoms with Crippen LogP contribution in [0.15, 0.2) is 45.7 Å². The van der Waals surface area contributed by atoms with Crippen molar-refractivity contribution in [3.8, 4) is 11.5 Å². The largest absolute Gasteiger partial charge is 0.506 e. The highest BCUT2D eigenvalue weighted by Crippen LogP contribution is 2.42.